The highest BCUT2D eigenvalue weighted by atomic mass is 35.5. The number of carboxylic acids is 1. The lowest BCUT2D eigenvalue weighted by Crippen LogP contribution is -2.46. The van der Waals surface area contributed by atoms with Crippen molar-refractivity contribution in [3.05, 3.63) is 34.3 Å². The number of benzene rings is 1. The highest BCUT2D eigenvalue weighted by Crippen LogP contribution is 2.25. The van der Waals surface area contributed by atoms with Crippen LogP contribution in [0.2, 0.25) is 5.02 Å². The largest absolute Gasteiger partial charge is 0.481 e. The summed E-state index contributed by atoms with van der Waals surface area (Å²) in [7, 11) is 0. The van der Waals surface area contributed by atoms with E-state index in [1.807, 2.05) is 19.9 Å². The maximum absolute atomic E-state index is 12.5. The molecule has 1 aliphatic rings. The SMILES string of the molecule is Cc1cc(Cl)cc(C(=O)N2CCC(C(=O)O)CC2C)c1. The van der Waals surface area contributed by atoms with Gasteiger partial charge in [0.15, 0.2) is 0 Å². The topological polar surface area (TPSA) is 57.6 Å². The first-order chi connectivity index (χ1) is 9.38. The van der Waals surface area contributed by atoms with Crippen molar-refractivity contribution in [2.24, 2.45) is 5.92 Å². The summed E-state index contributed by atoms with van der Waals surface area (Å²) < 4.78 is 0. The minimum atomic E-state index is -0.775. The van der Waals surface area contributed by atoms with E-state index < -0.39 is 5.97 Å². The van der Waals surface area contributed by atoms with Gasteiger partial charge in [0.25, 0.3) is 5.91 Å². The summed E-state index contributed by atoms with van der Waals surface area (Å²) in [5.74, 6) is -1.20. The zero-order chi connectivity index (χ0) is 14.9. The molecule has 1 saturated heterocycles. The summed E-state index contributed by atoms with van der Waals surface area (Å²) in [5.41, 5.74) is 1.50. The number of carboxylic acid groups (broad SMARTS) is 1. The number of aliphatic carboxylic acids is 1. The van der Waals surface area contributed by atoms with E-state index in [2.05, 4.69) is 0 Å². The number of halogens is 1. The van der Waals surface area contributed by atoms with Crippen LogP contribution >= 0.6 is 11.6 Å². The zero-order valence-corrected chi connectivity index (χ0v) is 12.4. The Balaban J connectivity index is 2.15. The quantitative estimate of drug-likeness (QED) is 0.912. The molecule has 0 saturated carbocycles. The number of carbonyl (C=O) groups is 2. The average molecular weight is 296 g/mol. The molecule has 1 aromatic carbocycles. The molecule has 0 aliphatic carbocycles. The molecule has 1 amide bonds. The van der Waals surface area contributed by atoms with Crippen LogP contribution in [0.1, 0.15) is 35.7 Å². The molecule has 4 nitrogen and oxygen atoms in total. The lowest BCUT2D eigenvalue weighted by atomic mass is 9.91. The number of hydrogen-bond acceptors (Lipinski definition) is 2. The predicted molar refractivity (Wildman–Crippen MR) is 77.0 cm³/mol. The fourth-order valence-electron chi connectivity index (χ4n) is 2.72. The number of piperidine rings is 1. The number of carbonyl (C=O) groups excluding carboxylic acids is 1. The average Bonchev–Trinajstić information content (AvgIpc) is 2.36. The van der Waals surface area contributed by atoms with Gasteiger partial charge >= 0.3 is 5.97 Å². The molecule has 2 atom stereocenters. The smallest absolute Gasteiger partial charge is 0.306 e. The van der Waals surface area contributed by atoms with Gasteiger partial charge in [0.05, 0.1) is 5.92 Å². The van der Waals surface area contributed by atoms with Crippen LogP contribution in [0.5, 0.6) is 0 Å². The summed E-state index contributed by atoms with van der Waals surface area (Å²) in [5, 5.41) is 9.59. The van der Waals surface area contributed by atoms with Crippen molar-refractivity contribution in [3.8, 4) is 0 Å². The Bertz CT molecular complexity index is 524. The minimum absolute atomic E-state index is 0.0726. The third kappa shape index (κ3) is 3.12. The molecule has 0 spiro atoms. The molecule has 1 aliphatic heterocycles. The van der Waals surface area contributed by atoms with Crippen LogP contribution in [-0.2, 0) is 4.79 Å². The predicted octanol–water partition coefficient (Wildman–Crippen LogP) is 2.97. The molecule has 0 radical (unpaired) electrons. The van der Waals surface area contributed by atoms with E-state index in [9.17, 15) is 9.59 Å². The van der Waals surface area contributed by atoms with Crippen molar-refractivity contribution < 1.29 is 14.7 Å². The first-order valence-corrected chi connectivity index (χ1v) is 7.07. The highest BCUT2D eigenvalue weighted by molar-refractivity contribution is 6.31. The minimum Gasteiger partial charge on any atom is -0.481 e. The highest BCUT2D eigenvalue weighted by Gasteiger charge is 2.32. The van der Waals surface area contributed by atoms with Crippen LogP contribution < -0.4 is 0 Å². The lowest BCUT2D eigenvalue weighted by molar-refractivity contribution is -0.143. The van der Waals surface area contributed by atoms with Gasteiger partial charge in [-0.1, -0.05) is 11.6 Å². The summed E-state index contributed by atoms with van der Waals surface area (Å²) in [6.45, 7) is 4.26. The third-order valence-electron chi connectivity index (χ3n) is 3.78. The van der Waals surface area contributed by atoms with Gasteiger partial charge in [-0.15, -0.1) is 0 Å². The molecule has 2 rings (SSSR count). The van der Waals surface area contributed by atoms with Gasteiger partial charge in [-0.25, -0.2) is 0 Å². The van der Waals surface area contributed by atoms with Crippen LogP contribution in [0, 0.1) is 12.8 Å². The first kappa shape index (κ1) is 14.9. The number of hydrogen-bond donors (Lipinski definition) is 1. The number of likely N-dealkylation sites (tertiary alicyclic amines) is 1. The van der Waals surface area contributed by atoms with E-state index in [0.717, 1.165) is 5.56 Å². The van der Waals surface area contributed by atoms with Crippen molar-refractivity contribution >= 4 is 23.5 Å². The Morgan fingerprint density at radius 3 is 2.60 bits per heavy atom. The summed E-state index contributed by atoms with van der Waals surface area (Å²) in [6.07, 6.45) is 1.01. The second kappa shape index (κ2) is 5.83. The van der Waals surface area contributed by atoms with Gasteiger partial charge in [0.2, 0.25) is 0 Å². The normalized spacial score (nSPS) is 22.6. The van der Waals surface area contributed by atoms with Crippen molar-refractivity contribution in [1.82, 2.24) is 4.90 Å². The number of rotatable bonds is 2. The Labute approximate surface area is 123 Å². The maximum atomic E-state index is 12.5. The van der Waals surface area contributed by atoms with E-state index in [4.69, 9.17) is 16.7 Å². The molecule has 1 fully saturated rings. The van der Waals surface area contributed by atoms with Crippen LogP contribution in [0.4, 0.5) is 0 Å². The van der Waals surface area contributed by atoms with Crippen molar-refractivity contribution in [3.63, 3.8) is 0 Å². The van der Waals surface area contributed by atoms with Crippen molar-refractivity contribution in [2.45, 2.75) is 32.7 Å². The second-order valence-corrected chi connectivity index (χ2v) is 5.86. The Morgan fingerprint density at radius 1 is 1.35 bits per heavy atom. The van der Waals surface area contributed by atoms with Crippen LogP contribution in [0.25, 0.3) is 0 Å². The van der Waals surface area contributed by atoms with Gasteiger partial charge in [-0.2, -0.15) is 0 Å². The van der Waals surface area contributed by atoms with E-state index in [1.165, 1.54) is 0 Å². The van der Waals surface area contributed by atoms with Gasteiger partial charge in [0, 0.05) is 23.2 Å². The standard InChI is InChI=1S/C15H18ClNO3/c1-9-5-12(8-13(16)6-9)14(18)17-4-3-11(15(19)20)7-10(17)2/h5-6,8,10-11H,3-4,7H2,1-2H3,(H,19,20). The molecule has 5 heteroatoms. The Morgan fingerprint density at radius 2 is 2.05 bits per heavy atom. The van der Waals surface area contributed by atoms with Gasteiger partial charge in [-0.05, 0) is 50.5 Å². The number of nitrogens with zero attached hydrogens (tertiary/aromatic N) is 1. The first-order valence-electron chi connectivity index (χ1n) is 6.69. The van der Waals surface area contributed by atoms with Crippen LogP contribution in [0.15, 0.2) is 18.2 Å². The zero-order valence-electron chi connectivity index (χ0n) is 11.6. The molecular weight excluding hydrogens is 278 g/mol. The van der Waals surface area contributed by atoms with Crippen LogP contribution in [0.3, 0.4) is 0 Å². The fourth-order valence-corrected chi connectivity index (χ4v) is 3.01. The Kier molecular flexibility index (Phi) is 4.33. The Hall–Kier alpha value is -1.55. The number of aryl methyl sites for hydroxylation is 1. The molecule has 2 unspecified atom stereocenters. The molecule has 20 heavy (non-hydrogen) atoms. The molecule has 0 bridgehead atoms. The molecular formula is C15H18ClNO3. The second-order valence-electron chi connectivity index (χ2n) is 5.42. The van der Waals surface area contributed by atoms with E-state index in [-0.39, 0.29) is 17.9 Å². The van der Waals surface area contributed by atoms with Gasteiger partial charge in [0.1, 0.15) is 0 Å². The molecule has 1 heterocycles. The van der Waals surface area contributed by atoms with Gasteiger partial charge < -0.3 is 10.0 Å². The van der Waals surface area contributed by atoms with Crippen LogP contribution in [-0.4, -0.2) is 34.5 Å². The van der Waals surface area contributed by atoms with E-state index >= 15 is 0 Å². The number of amides is 1. The maximum Gasteiger partial charge on any atom is 0.306 e. The third-order valence-corrected chi connectivity index (χ3v) is 3.99. The van der Waals surface area contributed by atoms with Crippen molar-refractivity contribution in [2.75, 3.05) is 6.54 Å². The van der Waals surface area contributed by atoms with Crippen molar-refractivity contribution in [1.29, 1.82) is 0 Å². The lowest BCUT2D eigenvalue weighted by Gasteiger charge is -2.36. The molecule has 108 valence electrons. The summed E-state index contributed by atoms with van der Waals surface area (Å²) in [6, 6.07) is 5.20. The summed E-state index contributed by atoms with van der Waals surface area (Å²) in [4.78, 5) is 25.3. The van der Waals surface area contributed by atoms with Gasteiger partial charge in [-0.3, -0.25) is 9.59 Å². The molecule has 0 aromatic heterocycles. The summed E-state index contributed by atoms with van der Waals surface area (Å²) >= 11 is 5.99. The van der Waals surface area contributed by atoms with E-state index in [0.29, 0.717) is 30.0 Å². The fraction of sp³-hybridized carbons (Fsp3) is 0.467. The molecule has 1 aromatic rings. The van der Waals surface area contributed by atoms with E-state index in [1.54, 1.807) is 17.0 Å². The monoisotopic (exact) mass is 295 g/mol. The molecule has 1 N–H and O–H groups in total.